The van der Waals surface area contributed by atoms with Gasteiger partial charge in [0.15, 0.2) is 0 Å². The first-order valence-corrected chi connectivity index (χ1v) is 13.6. The third-order valence-corrected chi connectivity index (χ3v) is 7.66. The van der Waals surface area contributed by atoms with Crippen molar-refractivity contribution >= 4 is 29.3 Å². The number of benzene rings is 1. The van der Waals surface area contributed by atoms with Crippen LogP contribution in [0.15, 0.2) is 49.1 Å². The summed E-state index contributed by atoms with van der Waals surface area (Å²) in [5, 5.41) is 0.391. The van der Waals surface area contributed by atoms with Crippen LogP contribution in [0.1, 0.15) is 81.5 Å². The molecule has 4 rings (SSSR count). The van der Waals surface area contributed by atoms with Crippen LogP contribution >= 0.6 is 12.2 Å². The molecule has 36 heavy (non-hydrogen) atoms. The first-order chi connectivity index (χ1) is 17.5. The Bertz CT molecular complexity index is 997. The summed E-state index contributed by atoms with van der Waals surface area (Å²) >= 11 is 5.51. The second-order valence-corrected chi connectivity index (χ2v) is 10.2. The molecule has 1 saturated carbocycles. The normalized spacial score (nSPS) is 23.6. The predicted octanol–water partition coefficient (Wildman–Crippen LogP) is 5.72. The minimum atomic E-state index is -0.332. The first-order valence-electron chi connectivity index (χ1n) is 13.2. The molecule has 2 aliphatic rings. The van der Waals surface area contributed by atoms with Gasteiger partial charge in [-0.1, -0.05) is 50.8 Å². The fraction of sp³-hybridized carbons (Fsp3) is 0.571. The van der Waals surface area contributed by atoms with E-state index in [-0.39, 0.29) is 42.1 Å². The average molecular weight is 513 g/mol. The molecule has 4 unspecified atom stereocenters. The number of aromatic nitrogens is 2. The number of carbonyl (C=O) groups is 2. The van der Waals surface area contributed by atoms with Gasteiger partial charge in [-0.2, -0.15) is 0 Å². The molecule has 1 aromatic heterocycles. The van der Waals surface area contributed by atoms with Crippen LogP contribution in [-0.4, -0.2) is 45.0 Å². The number of nitrogens with zero attached hydrogens (tertiary/aromatic N) is 2. The fourth-order valence-corrected chi connectivity index (χ4v) is 5.70. The Morgan fingerprint density at radius 1 is 1.19 bits per heavy atom. The summed E-state index contributed by atoms with van der Waals surface area (Å²) < 4.78 is 19.5. The molecule has 2 fully saturated rings. The van der Waals surface area contributed by atoms with E-state index in [9.17, 15) is 9.59 Å². The lowest BCUT2D eigenvalue weighted by atomic mass is 9.86. The van der Waals surface area contributed by atoms with Crippen molar-refractivity contribution in [3.8, 4) is 0 Å². The van der Waals surface area contributed by atoms with Crippen molar-refractivity contribution in [1.82, 2.24) is 9.55 Å². The van der Waals surface area contributed by atoms with Gasteiger partial charge in [-0.25, -0.2) is 9.78 Å². The Kier molecular flexibility index (Phi) is 9.50. The highest BCUT2D eigenvalue weighted by Crippen LogP contribution is 2.45. The van der Waals surface area contributed by atoms with Crippen molar-refractivity contribution in [1.29, 1.82) is 0 Å². The number of thiocarbonyl (C=S) groups is 1. The number of hydrogen-bond acceptors (Lipinski definition) is 7. The molecule has 0 N–H and O–H groups in total. The van der Waals surface area contributed by atoms with E-state index in [0.717, 1.165) is 25.7 Å². The van der Waals surface area contributed by atoms with Crippen molar-refractivity contribution in [2.45, 2.75) is 89.4 Å². The number of carbonyl (C=O) groups excluding carboxylic acids is 2. The standard InChI is InChI=1S/C28H36N2O5S/c1-2-3-4-5-9-12-21(33-28(36)30-16-15-29-19-30)13-14-22-23-17-26(31)34-25(23)18-24(22)35-27(32)20-10-7-6-8-11-20/h6-8,10-11,15-16,19,21-25H,2-5,9,12-14,17-18H2,1H3/t21?,22-,23?,24?,25?/m1/s1. The molecule has 0 amide bonds. The summed E-state index contributed by atoms with van der Waals surface area (Å²) in [5.74, 6) is -0.381. The van der Waals surface area contributed by atoms with E-state index in [0.29, 0.717) is 23.6 Å². The smallest absolute Gasteiger partial charge is 0.338 e. The van der Waals surface area contributed by atoms with E-state index in [1.807, 2.05) is 18.2 Å². The van der Waals surface area contributed by atoms with Crippen LogP contribution in [0.4, 0.5) is 0 Å². The quantitative estimate of drug-likeness (QED) is 0.204. The second kappa shape index (κ2) is 13.0. The lowest BCUT2D eigenvalue weighted by molar-refractivity contribution is -0.141. The lowest BCUT2D eigenvalue weighted by Gasteiger charge is -2.26. The Morgan fingerprint density at radius 2 is 2.00 bits per heavy atom. The SMILES string of the molecule is CCCCCCCC(CC[C@H]1C(OC(=O)c2ccccc2)CC2OC(=O)CC21)OC(=S)n1ccnc1. The molecule has 1 aromatic carbocycles. The van der Waals surface area contributed by atoms with Gasteiger partial charge >= 0.3 is 11.9 Å². The highest BCUT2D eigenvalue weighted by Gasteiger charge is 2.51. The molecule has 2 aromatic rings. The van der Waals surface area contributed by atoms with E-state index < -0.39 is 0 Å². The number of hydrogen-bond donors (Lipinski definition) is 0. The summed E-state index contributed by atoms with van der Waals surface area (Å²) in [5.41, 5.74) is 0.532. The van der Waals surface area contributed by atoms with E-state index in [1.165, 1.54) is 25.7 Å². The van der Waals surface area contributed by atoms with E-state index in [1.54, 1.807) is 35.4 Å². The van der Waals surface area contributed by atoms with Crippen LogP contribution < -0.4 is 0 Å². The molecule has 2 heterocycles. The summed E-state index contributed by atoms with van der Waals surface area (Å²) in [6, 6.07) is 9.03. The van der Waals surface area contributed by atoms with Gasteiger partial charge in [0.05, 0.1) is 12.0 Å². The van der Waals surface area contributed by atoms with Gasteiger partial charge < -0.3 is 14.2 Å². The van der Waals surface area contributed by atoms with E-state index >= 15 is 0 Å². The van der Waals surface area contributed by atoms with Crippen molar-refractivity contribution in [2.75, 3.05) is 0 Å². The van der Waals surface area contributed by atoms with Crippen molar-refractivity contribution < 1.29 is 23.8 Å². The minimum absolute atomic E-state index is 0.0436. The van der Waals surface area contributed by atoms with Gasteiger partial charge in [0.25, 0.3) is 5.17 Å². The Hall–Kier alpha value is -2.74. The zero-order valence-electron chi connectivity index (χ0n) is 20.9. The summed E-state index contributed by atoms with van der Waals surface area (Å²) in [7, 11) is 0. The maximum Gasteiger partial charge on any atom is 0.338 e. The molecule has 1 aliphatic carbocycles. The number of ether oxygens (including phenoxy) is 3. The lowest BCUT2D eigenvalue weighted by Crippen LogP contribution is -2.28. The molecule has 194 valence electrons. The molecule has 8 heteroatoms. The Balaban J connectivity index is 1.40. The van der Waals surface area contributed by atoms with Crippen LogP contribution in [0.3, 0.4) is 0 Å². The first kappa shape index (κ1) is 26.3. The third-order valence-electron chi connectivity index (χ3n) is 7.36. The van der Waals surface area contributed by atoms with E-state index in [2.05, 4.69) is 11.9 Å². The minimum Gasteiger partial charge on any atom is -0.467 e. The van der Waals surface area contributed by atoms with Crippen molar-refractivity contribution in [3.63, 3.8) is 0 Å². The average Bonchev–Trinajstić information content (AvgIpc) is 3.60. The Labute approximate surface area is 218 Å². The van der Waals surface area contributed by atoms with Crippen LogP contribution in [-0.2, 0) is 19.0 Å². The summed E-state index contributed by atoms with van der Waals surface area (Å²) in [6.07, 6.45) is 13.9. The monoisotopic (exact) mass is 512 g/mol. The molecule has 0 bridgehead atoms. The van der Waals surface area contributed by atoms with Gasteiger partial charge in [-0.3, -0.25) is 9.36 Å². The highest BCUT2D eigenvalue weighted by atomic mass is 32.1. The number of esters is 2. The van der Waals surface area contributed by atoms with Gasteiger partial charge in [0, 0.05) is 30.7 Å². The highest BCUT2D eigenvalue weighted by molar-refractivity contribution is 7.80. The van der Waals surface area contributed by atoms with Gasteiger partial charge in [-0.05, 0) is 50.0 Å². The van der Waals surface area contributed by atoms with Gasteiger partial charge in [-0.15, -0.1) is 0 Å². The second-order valence-electron chi connectivity index (χ2n) is 9.86. The zero-order valence-corrected chi connectivity index (χ0v) is 21.7. The molecule has 0 spiro atoms. The fourth-order valence-electron chi connectivity index (χ4n) is 5.46. The van der Waals surface area contributed by atoms with Crippen molar-refractivity contribution in [3.05, 3.63) is 54.6 Å². The maximum atomic E-state index is 12.8. The molecule has 1 saturated heterocycles. The van der Waals surface area contributed by atoms with Gasteiger partial charge in [0.2, 0.25) is 0 Å². The molecular weight excluding hydrogens is 476 g/mol. The van der Waals surface area contributed by atoms with Crippen LogP contribution in [0.25, 0.3) is 0 Å². The summed E-state index contributed by atoms with van der Waals surface area (Å²) in [6.45, 7) is 2.21. The number of unbranched alkanes of at least 4 members (excludes halogenated alkanes) is 4. The van der Waals surface area contributed by atoms with Gasteiger partial charge in [0.1, 0.15) is 24.6 Å². The molecule has 5 atom stereocenters. The van der Waals surface area contributed by atoms with Crippen LogP contribution in [0, 0.1) is 11.8 Å². The number of rotatable bonds is 12. The third kappa shape index (κ3) is 6.93. The van der Waals surface area contributed by atoms with Crippen molar-refractivity contribution in [2.24, 2.45) is 11.8 Å². The molecular formula is C28H36N2O5S. The molecule has 7 nitrogen and oxygen atoms in total. The Morgan fingerprint density at radius 3 is 2.75 bits per heavy atom. The largest absolute Gasteiger partial charge is 0.467 e. The topological polar surface area (TPSA) is 79.6 Å². The zero-order chi connectivity index (χ0) is 25.3. The van der Waals surface area contributed by atoms with Crippen LogP contribution in [0.2, 0.25) is 0 Å². The molecule has 1 aliphatic heterocycles. The predicted molar refractivity (Wildman–Crippen MR) is 139 cm³/mol. The number of fused-ring (bicyclic) bond motifs is 1. The maximum absolute atomic E-state index is 12.8. The number of imidazole rings is 1. The van der Waals surface area contributed by atoms with E-state index in [4.69, 9.17) is 26.4 Å². The molecule has 0 radical (unpaired) electrons. The summed E-state index contributed by atoms with van der Waals surface area (Å²) in [4.78, 5) is 28.9. The van der Waals surface area contributed by atoms with Crippen LogP contribution in [0.5, 0.6) is 0 Å².